The largest absolute Gasteiger partial charge is 0.457 e. The van der Waals surface area contributed by atoms with E-state index in [1.54, 1.807) is 0 Å². The molecule has 0 fully saturated rings. The van der Waals surface area contributed by atoms with E-state index < -0.39 is 0 Å². The van der Waals surface area contributed by atoms with Gasteiger partial charge in [0.1, 0.15) is 23.0 Å². The van der Waals surface area contributed by atoms with Gasteiger partial charge in [0.25, 0.3) is 0 Å². The smallest absolute Gasteiger partial charge is 0.127 e. The van der Waals surface area contributed by atoms with E-state index in [0.29, 0.717) is 0 Å². The third kappa shape index (κ3) is 3.92. The molecule has 0 aromatic heterocycles. The minimum Gasteiger partial charge on any atom is -0.457 e. The van der Waals surface area contributed by atoms with Crippen molar-refractivity contribution in [2.24, 2.45) is 0 Å². The number of rotatable bonds is 4. The molecule has 0 spiro atoms. The molecule has 0 N–H and O–H groups in total. The molecule has 3 aromatic carbocycles. The van der Waals surface area contributed by atoms with Gasteiger partial charge in [0.2, 0.25) is 0 Å². The van der Waals surface area contributed by atoms with Crippen molar-refractivity contribution in [3.63, 3.8) is 0 Å². The van der Waals surface area contributed by atoms with Crippen molar-refractivity contribution in [3.05, 3.63) is 83.4 Å². The lowest BCUT2D eigenvalue weighted by molar-refractivity contribution is 0.469. The van der Waals surface area contributed by atoms with E-state index >= 15 is 0 Å². The van der Waals surface area contributed by atoms with Crippen LogP contribution in [-0.4, -0.2) is 0 Å². The summed E-state index contributed by atoms with van der Waals surface area (Å²) < 4.78 is 11.7. The topological polar surface area (TPSA) is 18.5 Å². The van der Waals surface area contributed by atoms with Gasteiger partial charge in [-0.1, -0.05) is 18.2 Å². The summed E-state index contributed by atoms with van der Waals surface area (Å²) in [7, 11) is 0. The van der Waals surface area contributed by atoms with Crippen molar-refractivity contribution in [1.82, 2.24) is 0 Å². The average Bonchev–Trinajstić information content (AvgIpc) is 2.53. The zero-order valence-corrected chi connectivity index (χ0v) is 13.7. The average molecular weight is 304 g/mol. The first kappa shape index (κ1) is 15.2. The molecule has 0 aliphatic carbocycles. The van der Waals surface area contributed by atoms with E-state index in [2.05, 4.69) is 19.9 Å². The first-order valence-electron chi connectivity index (χ1n) is 7.70. The SMILES string of the molecule is Cc1cccc(Oc2ccc(Oc3ccc(C)c(C)c3)cc2)c1. The van der Waals surface area contributed by atoms with Crippen LogP contribution in [0.4, 0.5) is 0 Å². The van der Waals surface area contributed by atoms with E-state index in [0.717, 1.165) is 23.0 Å². The molecule has 0 bridgehead atoms. The molecule has 0 amide bonds. The lowest BCUT2D eigenvalue weighted by Crippen LogP contribution is -1.88. The first-order chi connectivity index (χ1) is 11.1. The zero-order chi connectivity index (χ0) is 16.2. The fraction of sp³-hybridized carbons (Fsp3) is 0.143. The van der Waals surface area contributed by atoms with Gasteiger partial charge in [-0.15, -0.1) is 0 Å². The summed E-state index contributed by atoms with van der Waals surface area (Å²) in [6.07, 6.45) is 0. The molecular formula is C21H20O2. The second-order valence-corrected chi connectivity index (χ2v) is 5.74. The molecule has 23 heavy (non-hydrogen) atoms. The lowest BCUT2D eigenvalue weighted by atomic mass is 10.1. The Kier molecular flexibility index (Phi) is 4.33. The van der Waals surface area contributed by atoms with Crippen molar-refractivity contribution < 1.29 is 9.47 Å². The number of ether oxygens (including phenoxy) is 2. The fourth-order valence-electron chi connectivity index (χ4n) is 2.30. The maximum Gasteiger partial charge on any atom is 0.127 e. The van der Waals surface area contributed by atoms with Gasteiger partial charge in [-0.25, -0.2) is 0 Å². The Hall–Kier alpha value is -2.74. The second kappa shape index (κ2) is 6.57. The van der Waals surface area contributed by atoms with Gasteiger partial charge >= 0.3 is 0 Å². The minimum atomic E-state index is 0.794. The molecular weight excluding hydrogens is 284 g/mol. The predicted molar refractivity (Wildman–Crippen MR) is 93.7 cm³/mol. The number of benzene rings is 3. The Balaban J connectivity index is 1.70. The third-order valence-corrected chi connectivity index (χ3v) is 3.76. The molecule has 0 saturated carbocycles. The van der Waals surface area contributed by atoms with E-state index in [1.807, 2.05) is 67.6 Å². The molecule has 0 aliphatic heterocycles. The standard InChI is InChI=1S/C21H20O2/c1-15-5-4-6-20(13-15)22-18-9-11-19(12-10-18)23-21-8-7-16(2)17(3)14-21/h4-14H,1-3H3. The monoisotopic (exact) mass is 304 g/mol. The number of hydrogen-bond acceptors (Lipinski definition) is 2. The van der Waals surface area contributed by atoms with E-state index in [4.69, 9.17) is 9.47 Å². The highest BCUT2D eigenvalue weighted by Crippen LogP contribution is 2.27. The normalized spacial score (nSPS) is 10.4. The number of hydrogen-bond donors (Lipinski definition) is 0. The third-order valence-electron chi connectivity index (χ3n) is 3.76. The molecule has 3 aromatic rings. The van der Waals surface area contributed by atoms with Crippen LogP contribution in [0.3, 0.4) is 0 Å². The summed E-state index contributed by atoms with van der Waals surface area (Å²) in [6, 6.07) is 21.8. The summed E-state index contributed by atoms with van der Waals surface area (Å²) in [4.78, 5) is 0. The highest BCUT2D eigenvalue weighted by molar-refractivity contribution is 5.40. The quantitative estimate of drug-likeness (QED) is 0.571. The van der Waals surface area contributed by atoms with E-state index in [1.165, 1.54) is 16.7 Å². The molecule has 2 heteroatoms. The Morgan fingerprint density at radius 3 is 1.65 bits per heavy atom. The molecule has 0 radical (unpaired) electrons. The van der Waals surface area contributed by atoms with Crippen LogP contribution in [0, 0.1) is 20.8 Å². The van der Waals surface area contributed by atoms with E-state index in [9.17, 15) is 0 Å². The lowest BCUT2D eigenvalue weighted by Gasteiger charge is -2.10. The van der Waals surface area contributed by atoms with E-state index in [-0.39, 0.29) is 0 Å². The van der Waals surface area contributed by atoms with Gasteiger partial charge in [0.15, 0.2) is 0 Å². The van der Waals surface area contributed by atoms with Crippen LogP contribution in [0.25, 0.3) is 0 Å². The highest BCUT2D eigenvalue weighted by Gasteiger charge is 2.02. The summed E-state index contributed by atoms with van der Waals surface area (Å²) in [5.41, 5.74) is 3.67. The molecule has 0 saturated heterocycles. The molecule has 116 valence electrons. The van der Waals surface area contributed by atoms with Gasteiger partial charge < -0.3 is 9.47 Å². The summed E-state index contributed by atoms with van der Waals surface area (Å²) in [6.45, 7) is 6.23. The van der Waals surface area contributed by atoms with Gasteiger partial charge in [-0.2, -0.15) is 0 Å². The summed E-state index contributed by atoms with van der Waals surface area (Å²) in [5.74, 6) is 3.28. The molecule has 0 heterocycles. The van der Waals surface area contributed by atoms with Crippen LogP contribution in [0.2, 0.25) is 0 Å². The van der Waals surface area contributed by atoms with Crippen LogP contribution < -0.4 is 9.47 Å². The Labute approximate surface area is 137 Å². The van der Waals surface area contributed by atoms with Crippen molar-refractivity contribution >= 4 is 0 Å². The van der Waals surface area contributed by atoms with Crippen LogP contribution in [0.15, 0.2) is 66.7 Å². The minimum absolute atomic E-state index is 0.794. The fourth-order valence-corrected chi connectivity index (χ4v) is 2.30. The molecule has 0 atom stereocenters. The Morgan fingerprint density at radius 1 is 0.522 bits per heavy atom. The van der Waals surface area contributed by atoms with Crippen LogP contribution in [0.1, 0.15) is 16.7 Å². The van der Waals surface area contributed by atoms with Gasteiger partial charge in [0.05, 0.1) is 0 Å². The van der Waals surface area contributed by atoms with Gasteiger partial charge in [0, 0.05) is 0 Å². The van der Waals surface area contributed by atoms with Crippen molar-refractivity contribution in [2.45, 2.75) is 20.8 Å². The second-order valence-electron chi connectivity index (χ2n) is 5.74. The zero-order valence-electron chi connectivity index (χ0n) is 13.7. The molecule has 0 aliphatic rings. The predicted octanol–water partition coefficient (Wildman–Crippen LogP) is 6.20. The van der Waals surface area contributed by atoms with Crippen molar-refractivity contribution in [3.8, 4) is 23.0 Å². The molecule has 2 nitrogen and oxygen atoms in total. The number of aryl methyl sites for hydroxylation is 3. The maximum atomic E-state index is 5.88. The maximum absolute atomic E-state index is 5.88. The Morgan fingerprint density at radius 2 is 1.09 bits per heavy atom. The van der Waals surface area contributed by atoms with Crippen LogP contribution in [0.5, 0.6) is 23.0 Å². The first-order valence-corrected chi connectivity index (χ1v) is 7.70. The van der Waals surface area contributed by atoms with Crippen LogP contribution in [-0.2, 0) is 0 Å². The Bertz CT molecular complexity index is 804. The summed E-state index contributed by atoms with van der Waals surface area (Å²) >= 11 is 0. The highest BCUT2D eigenvalue weighted by atomic mass is 16.5. The summed E-state index contributed by atoms with van der Waals surface area (Å²) in [5, 5.41) is 0. The van der Waals surface area contributed by atoms with Crippen molar-refractivity contribution in [1.29, 1.82) is 0 Å². The molecule has 0 unspecified atom stereocenters. The van der Waals surface area contributed by atoms with Gasteiger partial charge in [-0.3, -0.25) is 0 Å². The van der Waals surface area contributed by atoms with Crippen LogP contribution >= 0.6 is 0 Å². The molecule has 3 rings (SSSR count). The van der Waals surface area contributed by atoms with Gasteiger partial charge in [-0.05, 0) is 86.0 Å². The van der Waals surface area contributed by atoms with Crippen molar-refractivity contribution in [2.75, 3.05) is 0 Å².